The van der Waals surface area contributed by atoms with Crippen LogP contribution in [0.25, 0.3) is 0 Å². The van der Waals surface area contributed by atoms with E-state index in [-0.39, 0.29) is 0 Å². The zero-order valence-corrected chi connectivity index (χ0v) is 16.2. The second-order valence-electron chi connectivity index (χ2n) is 4.53. The molecule has 0 amide bonds. The van der Waals surface area contributed by atoms with E-state index < -0.39 is 0 Å². The lowest BCUT2D eigenvalue weighted by Crippen LogP contribution is -2.43. The highest BCUT2D eigenvalue weighted by molar-refractivity contribution is 14.1. The lowest BCUT2D eigenvalue weighted by Gasteiger charge is -2.21. The van der Waals surface area contributed by atoms with E-state index in [2.05, 4.69) is 76.3 Å². The van der Waals surface area contributed by atoms with Gasteiger partial charge in [0.1, 0.15) is 0 Å². The van der Waals surface area contributed by atoms with Crippen LogP contribution in [-0.4, -0.2) is 82.7 Å². The highest BCUT2D eigenvalue weighted by atomic mass is 127. The van der Waals surface area contributed by atoms with Crippen molar-refractivity contribution in [2.24, 2.45) is 11.7 Å². The number of halogens is 2. The standard InChI is InChI=1S/C10H27I2N7/c1-16(5-3-15-4-6-17(2)11)7-8-18(12)9-10-19(13)14/h15H,3-10,13-14H2,1-2H3. The Morgan fingerprint density at radius 3 is 2.00 bits per heavy atom. The minimum absolute atomic E-state index is 0.679. The molecule has 0 fully saturated rings. The van der Waals surface area contributed by atoms with Gasteiger partial charge in [0.05, 0.1) is 0 Å². The van der Waals surface area contributed by atoms with Crippen molar-refractivity contribution >= 4 is 45.7 Å². The van der Waals surface area contributed by atoms with E-state index in [1.165, 1.54) is 5.12 Å². The highest BCUT2D eigenvalue weighted by Crippen LogP contribution is 1.98. The second kappa shape index (κ2) is 12.9. The smallest absolute Gasteiger partial charge is 0.0419 e. The fourth-order valence-electron chi connectivity index (χ4n) is 1.35. The summed E-state index contributed by atoms with van der Waals surface area (Å²) in [5.41, 5.74) is 0. The molecule has 0 saturated heterocycles. The summed E-state index contributed by atoms with van der Waals surface area (Å²) in [7, 11) is 4.22. The number of hydrogen-bond acceptors (Lipinski definition) is 7. The SMILES string of the molecule is CN(I)CCNCCN(C)CCN(I)CCN(N)N. The van der Waals surface area contributed by atoms with Gasteiger partial charge in [0.15, 0.2) is 0 Å². The molecule has 0 unspecified atom stereocenters. The van der Waals surface area contributed by atoms with Crippen LogP contribution in [0.3, 0.4) is 0 Å². The molecular formula is C10H27I2N7. The average molecular weight is 499 g/mol. The molecule has 0 rings (SSSR count). The molecule has 0 aliphatic carbocycles. The Morgan fingerprint density at radius 1 is 0.842 bits per heavy atom. The summed E-state index contributed by atoms with van der Waals surface area (Å²) >= 11 is 4.61. The molecule has 0 aliphatic heterocycles. The van der Waals surface area contributed by atoms with Crippen LogP contribution in [0, 0.1) is 0 Å². The minimum atomic E-state index is 0.679. The summed E-state index contributed by atoms with van der Waals surface area (Å²) in [4.78, 5) is 2.33. The monoisotopic (exact) mass is 499 g/mol. The van der Waals surface area contributed by atoms with Crippen molar-refractivity contribution in [3.05, 3.63) is 0 Å². The van der Waals surface area contributed by atoms with Crippen LogP contribution in [0.4, 0.5) is 0 Å². The molecule has 0 heterocycles. The number of nitrogens with zero attached hydrogens (tertiary/aromatic N) is 4. The summed E-state index contributed by atoms with van der Waals surface area (Å²) in [5, 5.41) is 4.66. The lowest BCUT2D eigenvalue weighted by molar-refractivity contribution is 0.260. The van der Waals surface area contributed by atoms with E-state index in [4.69, 9.17) is 11.7 Å². The van der Waals surface area contributed by atoms with Crippen LogP contribution in [0.1, 0.15) is 0 Å². The first-order valence-electron chi connectivity index (χ1n) is 6.35. The van der Waals surface area contributed by atoms with Gasteiger partial charge >= 0.3 is 0 Å². The number of nitrogens with one attached hydrogen (secondary N) is 1. The van der Waals surface area contributed by atoms with Crippen molar-refractivity contribution in [1.29, 1.82) is 0 Å². The molecule has 116 valence electrons. The molecule has 0 saturated carbocycles. The molecule has 9 heteroatoms. The molecule has 7 nitrogen and oxygen atoms in total. The average Bonchev–Trinajstić information content (AvgIpc) is 2.33. The van der Waals surface area contributed by atoms with E-state index in [0.717, 1.165) is 45.8 Å². The maximum absolute atomic E-state index is 5.37. The molecule has 0 aromatic heterocycles. The van der Waals surface area contributed by atoms with Crippen molar-refractivity contribution in [3.63, 3.8) is 0 Å². The first-order chi connectivity index (χ1) is 8.91. The largest absolute Gasteiger partial charge is 0.314 e. The summed E-state index contributed by atoms with van der Waals surface area (Å²) in [6.45, 7) is 7.82. The van der Waals surface area contributed by atoms with Gasteiger partial charge in [-0.15, -0.1) is 0 Å². The third-order valence-corrected chi connectivity index (χ3v) is 4.04. The van der Waals surface area contributed by atoms with E-state index >= 15 is 0 Å². The summed E-state index contributed by atoms with van der Waals surface area (Å²) in [5.74, 6) is 10.7. The topological polar surface area (TPSA) is 77.0 Å². The number of rotatable bonds is 12. The molecule has 0 aliphatic rings. The summed E-state index contributed by atoms with van der Waals surface area (Å²) < 4.78 is 4.36. The van der Waals surface area contributed by atoms with Gasteiger partial charge in [0, 0.05) is 98.1 Å². The van der Waals surface area contributed by atoms with E-state index in [1.807, 2.05) is 0 Å². The number of nitrogens with two attached hydrogens (primary N) is 2. The maximum atomic E-state index is 5.37. The summed E-state index contributed by atoms with van der Waals surface area (Å²) in [6.07, 6.45) is 0. The van der Waals surface area contributed by atoms with Gasteiger partial charge in [0.25, 0.3) is 0 Å². The molecule has 19 heavy (non-hydrogen) atoms. The second-order valence-corrected chi connectivity index (χ2v) is 7.54. The van der Waals surface area contributed by atoms with Gasteiger partial charge in [-0.1, -0.05) is 0 Å². The quantitative estimate of drug-likeness (QED) is 0.110. The normalized spacial score (nSPS) is 12.3. The van der Waals surface area contributed by atoms with Gasteiger partial charge in [0.2, 0.25) is 0 Å². The zero-order valence-electron chi connectivity index (χ0n) is 11.9. The van der Waals surface area contributed by atoms with Crippen LogP contribution in [0.2, 0.25) is 0 Å². The molecule has 0 spiro atoms. The number of hydrazine groups is 2. The Labute approximate surface area is 144 Å². The highest BCUT2D eigenvalue weighted by Gasteiger charge is 2.04. The number of hydrogen-bond donors (Lipinski definition) is 3. The minimum Gasteiger partial charge on any atom is -0.314 e. The molecule has 0 aromatic rings. The Hall–Kier alpha value is 1.18. The molecule has 0 atom stereocenters. The Bertz CT molecular complexity index is 206. The van der Waals surface area contributed by atoms with Crippen LogP contribution >= 0.6 is 45.7 Å². The van der Waals surface area contributed by atoms with Gasteiger partial charge in [-0.2, -0.15) is 5.12 Å². The van der Waals surface area contributed by atoms with Crippen molar-refractivity contribution in [1.82, 2.24) is 21.6 Å². The van der Waals surface area contributed by atoms with Crippen LogP contribution in [0.5, 0.6) is 0 Å². The van der Waals surface area contributed by atoms with Crippen molar-refractivity contribution < 1.29 is 0 Å². The molecule has 0 aromatic carbocycles. The van der Waals surface area contributed by atoms with E-state index in [9.17, 15) is 0 Å². The predicted molar refractivity (Wildman–Crippen MR) is 97.7 cm³/mol. The molecule has 0 radical (unpaired) electrons. The van der Waals surface area contributed by atoms with E-state index in [1.54, 1.807) is 0 Å². The first-order valence-corrected chi connectivity index (χ1v) is 8.28. The van der Waals surface area contributed by atoms with Crippen LogP contribution in [0.15, 0.2) is 0 Å². The lowest BCUT2D eigenvalue weighted by atomic mass is 10.4. The van der Waals surface area contributed by atoms with Crippen LogP contribution in [-0.2, 0) is 0 Å². The van der Waals surface area contributed by atoms with Crippen molar-refractivity contribution in [2.45, 2.75) is 0 Å². The van der Waals surface area contributed by atoms with Crippen molar-refractivity contribution in [3.8, 4) is 0 Å². The van der Waals surface area contributed by atoms with Gasteiger partial charge in [-0.3, -0.25) is 11.7 Å². The molecule has 5 N–H and O–H groups in total. The fourth-order valence-corrected chi connectivity index (χ4v) is 2.03. The Balaban J connectivity index is 3.40. The zero-order chi connectivity index (χ0) is 14.7. The third-order valence-electron chi connectivity index (χ3n) is 2.59. The Morgan fingerprint density at radius 2 is 1.42 bits per heavy atom. The maximum Gasteiger partial charge on any atom is 0.0419 e. The van der Waals surface area contributed by atoms with Gasteiger partial charge in [-0.25, -0.2) is 6.23 Å². The molecule has 0 bridgehead atoms. The van der Waals surface area contributed by atoms with Gasteiger partial charge in [-0.05, 0) is 14.1 Å². The predicted octanol–water partition coefficient (Wildman–Crippen LogP) is -0.509. The fraction of sp³-hybridized carbons (Fsp3) is 1.00. The first kappa shape index (κ1) is 20.2. The van der Waals surface area contributed by atoms with Gasteiger partial charge < -0.3 is 10.2 Å². The van der Waals surface area contributed by atoms with E-state index in [0.29, 0.717) is 6.54 Å². The molecular weight excluding hydrogens is 472 g/mol. The van der Waals surface area contributed by atoms with Crippen LogP contribution < -0.4 is 17.0 Å². The van der Waals surface area contributed by atoms with Crippen molar-refractivity contribution in [2.75, 3.05) is 66.5 Å². The Kier molecular flexibility index (Phi) is 13.7. The third kappa shape index (κ3) is 15.4. The number of likely N-dealkylation sites (N-methyl/N-ethyl adjacent to an activating group) is 2. The summed E-state index contributed by atoms with van der Waals surface area (Å²) in [6, 6.07) is 0.